The van der Waals surface area contributed by atoms with Gasteiger partial charge in [0, 0.05) is 25.2 Å². The number of hydrogen-bond acceptors (Lipinski definition) is 3. The Bertz CT molecular complexity index is 575. The summed E-state index contributed by atoms with van der Waals surface area (Å²) in [5, 5.41) is 12.8. The van der Waals surface area contributed by atoms with Crippen molar-refractivity contribution in [3.8, 4) is 5.75 Å². The molecule has 2 rings (SSSR count). The van der Waals surface area contributed by atoms with E-state index in [1.807, 2.05) is 36.0 Å². The van der Waals surface area contributed by atoms with Crippen molar-refractivity contribution >= 4 is 22.6 Å². The molecule has 1 aromatic carbocycles. The molecule has 0 saturated heterocycles. The smallest absolute Gasteiger partial charge is 0.305 e. The Kier molecular flexibility index (Phi) is 3.41. The molecule has 0 amide bonds. The lowest BCUT2D eigenvalue weighted by Gasteiger charge is -2.11. The molecule has 1 aromatic heterocycles. The Morgan fingerprint density at radius 3 is 2.94 bits per heavy atom. The van der Waals surface area contributed by atoms with Crippen LogP contribution in [0.1, 0.15) is 6.42 Å². The third-order valence-corrected chi connectivity index (χ3v) is 2.86. The van der Waals surface area contributed by atoms with Crippen molar-refractivity contribution in [3.63, 3.8) is 0 Å². The average molecular weight is 248 g/mol. The molecule has 0 aliphatic heterocycles. The SMILES string of the molecule is COc1cc2ccn(C)c2cc1NCCC(=O)O. The number of aromatic nitrogens is 1. The lowest BCUT2D eigenvalue weighted by Crippen LogP contribution is -2.08. The Morgan fingerprint density at radius 2 is 2.28 bits per heavy atom. The first-order chi connectivity index (χ1) is 8.61. The Balaban J connectivity index is 2.28. The molecule has 0 spiro atoms. The largest absolute Gasteiger partial charge is 0.495 e. The van der Waals surface area contributed by atoms with E-state index in [0.29, 0.717) is 6.54 Å². The maximum Gasteiger partial charge on any atom is 0.305 e. The van der Waals surface area contributed by atoms with Gasteiger partial charge in [-0.2, -0.15) is 0 Å². The average Bonchev–Trinajstić information content (AvgIpc) is 2.69. The molecule has 5 nitrogen and oxygen atoms in total. The highest BCUT2D eigenvalue weighted by atomic mass is 16.5. The van der Waals surface area contributed by atoms with Crippen molar-refractivity contribution in [1.29, 1.82) is 0 Å². The third-order valence-electron chi connectivity index (χ3n) is 2.86. The fraction of sp³-hybridized carbons (Fsp3) is 0.308. The maximum absolute atomic E-state index is 10.5. The van der Waals surface area contributed by atoms with Gasteiger partial charge in [-0.3, -0.25) is 4.79 Å². The summed E-state index contributed by atoms with van der Waals surface area (Å²) in [6.45, 7) is 0.377. The third kappa shape index (κ3) is 2.40. The molecule has 0 aliphatic carbocycles. The molecular weight excluding hydrogens is 232 g/mol. The number of carboxylic acids is 1. The van der Waals surface area contributed by atoms with Crippen LogP contribution in [0.5, 0.6) is 5.75 Å². The van der Waals surface area contributed by atoms with Crippen LogP contribution in [0.3, 0.4) is 0 Å². The van der Waals surface area contributed by atoms with Crippen molar-refractivity contribution in [1.82, 2.24) is 4.57 Å². The van der Waals surface area contributed by atoms with Crippen molar-refractivity contribution in [2.45, 2.75) is 6.42 Å². The first kappa shape index (κ1) is 12.3. The van der Waals surface area contributed by atoms with E-state index in [0.717, 1.165) is 22.3 Å². The fourth-order valence-electron chi connectivity index (χ4n) is 1.91. The van der Waals surface area contributed by atoms with Gasteiger partial charge in [0.25, 0.3) is 0 Å². The number of benzene rings is 1. The molecule has 96 valence electrons. The van der Waals surface area contributed by atoms with E-state index in [2.05, 4.69) is 5.32 Å². The Labute approximate surface area is 105 Å². The molecule has 1 heterocycles. The second-order valence-corrected chi connectivity index (χ2v) is 4.11. The molecule has 0 saturated carbocycles. The van der Waals surface area contributed by atoms with Gasteiger partial charge in [0.15, 0.2) is 0 Å². The van der Waals surface area contributed by atoms with Crippen LogP contribution in [0.25, 0.3) is 10.9 Å². The summed E-state index contributed by atoms with van der Waals surface area (Å²) in [7, 11) is 3.57. The summed E-state index contributed by atoms with van der Waals surface area (Å²) in [6.07, 6.45) is 2.06. The number of carboxylic acid groups (broad SMARTS) is 1. The van der Waals surface area contributed by atoms with Gasteiger partial charge >= 0.3 is 5.97 Å². The normalized spacial score (nSPS) is 10.6. The van der Waals surface area contributed by atoms with E-state index >= 15 is 0 Å². The van der Waals surface area contributed by atoms with Gasteiger partial charge in [0.1, 0.15) is 5.75 Å². The number of nitrogens with zero attached hydrogens (tertiary/aromatic N) is 1. The lowest BCUT2D eigenvalue weighted by atomic mass is 10.2. The van der Waals surface area contributed by atoms with Crippen molar-refractivity contribution in [3.05, 3.63) is 24.4 Å². The molecule has 0 aliphatic rings. The predicted molar refractivity (Wildman–Crippen MR) is 70.2 cm³/mol. The van der Waals surface area contributed by atoms with Crippen LogP contribution in [0.15, 0.2) is 24.4 Å². The summed E-state index contributed by atoms with van der Waals surface area (Å²) >= 11 is 0. The highest BCUT2D eigenvalue weighted by Gasteiger charge is 2.07. The molecule has 0 atom stereocenters. The first-order valence-corrected chi connectivity index (χ1v) is 5.70. The number of nitrogens with one attached hydrogen (secondary N) is 1. The van der Waals surface area contributed by atoms with Crippen LogP contribution in [-0.2, 0) is 11.8 Å². The molecule has 0 radical (unpaired) electrons. The minimum atomic E-state index is -0.818. The lowest BCUT2D eigenvalue weighted by molar-refractivity contribution is -0.136. The fourth-order valence-corrected chi connectivity index (χ4v) is 1.91. The van der Waals surface area contributed by atoms with E-state index in [-0.39, 0.29) is 6.42 Å². The molecular formula is C13H16N2O3. The number of aryl methyl sites for hydroxylation is 1. The van der Waals surface area contributed by atoms with E-state index in [1.54, 1.807) is 7.11 Å². The topological polar surface area (TPSA) is 63.5 Å². The summed E-state index contributed by atoms with van der Waals surface area (Å²) in [5.74, 6) is -0.0968. The van der Waals surface area contributed by atoms with Crippen molar-refractivity contribution in [2.75, 3.05) is 19.0 Å². The van der Waals surface area contributed by atoms with Gasteiger partial charge in [-0.25, -0.2) is 0 Å². The zero-order valence-corrected chi connectivity index (χ0v) is 10.4. The van der Waals surface area contributed by atoms with Gasteiger partial charge in [-0.15, -0.1) is 0 Å². The predicted octanol–water partition coefficient (Wildman–Crippen LogP) is 2.07. The summed E-state index contributed by atoms with van der Waals surface area (Å²) in [4.78, 5) is 10.5. The molecule has 18 heavy (non-hydrogen) atoms. The zero-order valence-electron chi connectivity index (χ0n) is 10.4. The second-order valence-electron chi connectivity index (χ2n) is 4.11. The van der Waals surface area contributed by atoms with Crippen LogP contribution in [0.2, 0.25) is 0 Å². The minimum Gasteiger partial charge on any atom is -0.495 e. The zero-order chi connectivity index (χ0) is 13.1. The number of fused-ring (bicyclic) bond motifs is 1. The molecule has 0 unspecified atom stereocenters. The van der Waals surface area contributed by atoms with Crippen molar-refractivity contribution in [2.24, 2.45) is 7.05 Å². The number of anilines is 1. The number of hydrogen-bond donors (Lipinski definition) is 2. The van der Waals surface area contributed by atoms with Crippen LogP contribution in [0, 0.1) is 0 Å². The second kappa shape index (κ2) is 5.00. The quantitative estimate of drug-likeness (QED) is 0.850. The van der Waals surface area contributed by atoms with E-state index < -0.39 is 5.97 Å². The van der Waals surface area contributed by atoms with Crippen molar-refractivity contribution < 1.29 is 14.6 Å². The summed E-state index contributed by atoms with van der Waals surface area (Å²) in [5.41, 5.74) is 1.89. The standard InChI is InChI=1S/C13H16N2O3/c1-15-6-4-9-7-12(18-2)10(8-11(9)15)14-5-3-13(16)17/h4,6-8,14H,3,5H2,1-2H3,(H,16,17). The summed E-state index contributed by atoms with van der Waals surface area (Å²) < 4.78 is 7.31. The molecule has 2 aromatic rings. The van der Waals surface area contributed by atoms with Gasteiger partial charge in [-0.05, 0) is 18.2 Å². The number of carbonyl (C=O) groups is 1. The van der Waals surface area contributed by atoms with E-state index in [4.69, 9.17) is 9.84 Å². The molecule has 0 bridgehead atoms. The molecule has 0 fully saturated rings. The van der Waals surface area contributed by atoms with E-state index in [1.165, 1.54) is 0 Å². The van der Waals surface area contributed by atoms with Crippen LogP contribution >= 0.6 is 0 Å². The van der Waals surface area contributed by atoms with Gasteiger partial charge < -0.3 is 19.7 Å². The monoisotopic (exact) mass is 248 g/mol. The number of methoxy groups -OCH3 is 1. The van der Waals surface area contributed by atoms with Crippen LogP contribution in [-0.4, -0.2) is 29.3 Å². The maximum atomic E-state index is 10.5. The summed E-state index contributed by atoms with van der Waals surface area (Å²) in [6, 6.07) is 5.92. The molecule has 5 heteroatoms. The first-order valence-electron chi connectivity index (χ1n) is 5.70. The number of ether oxygens (including phenoxy) is 1. The van der Waals surface area contributed by atoms with Gasteiger partial charge in [0.05, 0.1) is 24.7 Å². The number of aliphatic carboxylic acids is 1. The number of rotatable bonds is 5. The van der Waals surface area contributed by atoms with Crippen LogP contribution in [0.4, 0.5) is 5.69 Å². The van der Waals surface area contributed by atoms with Gasteiger partial charge in [-0.1, -0.05) is 0 Å². The highest BCUT2D eigenvalue weighted by molar-refractivity contribution is 5.87. The molecule has 2 N–H and O–H groups in total. The van der Waals surface area contributed by atoms with E-state index in [9.17, 15) is 4.79 Å². The highest BCUT2D eigenvalue weighted by Crippen LogP contribution is 2.30. The Hall–Kier alpha value is -2.17. The van der Waals surface area contributed by atoms with Gasteiger partial charge in [0.2, 0.25) is 0 Å². The Morgan fingerprint density at radius 1 is 1.50 bits per heavy atom. The minimum absolute atomic E-state index is 0.0777. The van der Waals surface area contributed by atoms with Crippen LogP contribution < -0.4 is 10.1 Å².